The van der Waals surface area contributed by atoms with Crippen LogP contribution in [0.1, 0.15) is 12.8 Å². The summed E-state index contributed by atoms with van der Waals surface area (Å²) in [5.41, 5.74) is 7.35. The predicted molar refractivity (Wildman–Crippen MR) is 91.1 cm³/mol. The number of aromatic nitrogens is 1. The number of hydrogen-bond donors (Lipinski definition) is 1. The Morgan fingerprint density at radius 2 is 2.05 bits per heavy atom. The molecular formula is C16H16Cl2N4. The minimum Gasteiger partial charge on any atom is -0.298 e. The van der Waals surface area contributed by atoms with E-state index in [4.69, 9.17) is 23.2 Å². The van der Waals surface area contributed by atoms with E-state index < -0.39 is 0 Å². The van der Waals surface area contributed by atoms with E-state index in [9.17, 15) is 0 Å². The molecule has 0 radical (unpaired) electrons. The van der Waals surface area contributed by atoms with Crippen LogP contribution in [0.4, 0.5) is 11.4 Å². The van der Waals surface area contributed by atoms with Crippen molar-refractivity contribution < 1.29 is 0 Å². The first-order chi connectivity index (χ1) is 10.6. The third-order valence-corrected chi connectivity index (χ3v) is 4.82. The highest BCUT2D eigenvalue weighted by Gasteiger charge is 2.32. The van der Waals surface area contributed by atoms with Crippen LogP contribution in [-0.2, 0) is 0 Å². The van der Waals surface area contributed by atoms with Crippen LogP contribution in [0.3, 0.4) is 0 Å². The van der Waals surface area contributed by atoms with Gasteiger partial charge in [-0.25, -0.2) is 4.98 Å². The monoisotopic (exact) mass is 334 g/mol. The van der Waals surface area contributed by atoms with E-state index in [-0.39, 0.29) is 0 Å². The molecule has 22 heavy (non-hydrogen) atoms. The fraction of sp³-hybridized carbons (Fsp3) is 0.312. The SMILES string of the molecule is CN1Nc2c(ccc(-c3ccc(Cl)nc3)c2Cl)N1CC1CC1. The standard InChI is InChI=1S/C16H16Cl2N4/c1-21-20-16-13(22(21)9-10-2-3-10)6-5-12(15(16)18)11-4-7-14(17)19-8-11/h4-8,10,20H,2-3,9H2,1H3. The van der Waals surface area contributed by atoms with Gasteiger partial charge in [0, 0.05) is 30.9 Å². The zero-order chi connectivity index (χ0) is 15.3. The van der Waals surface area contributed by atoms with Crippen molar-refractivity contribution in [3.63, 3.8) is 0 Å². The van der Waals surface area contributed by atoms with Gasteiger partial charge in [-0.15, -0.1) is 5.12 Å². The smallest absolute Gasteiger partial charge is 0.129 e. The zero-order valence-electron chi connectivity index (χ0n) is 12.2. The van der Waals surface area contributed by atoms with Gasteiger partial charge in [-0.1, -0.05) is 29.3 Å². The van der Waals surface area contributed by atoms with Crippen molar-refractivity contribution in [2.75, 3.05) is 24.0 Å². The maximum atomic E-state index is 6.63. The van der Waals surface area contributed by atoms with E-state index in [1.165, 1.54) is 12.8 Å². The first-order valence-corrected chi connectivity index (χ1v) is 8.11. The van der Waals surface area contributed by atoms with E-state index in [2.05, 4.69) is 21.5 Å². The molecule has 4 rings (SSSR count). The van der Waals surface area contributed by atoms with E-state index >= 15 is 0 Å². The maximum absolute atomic E-state index is 6.63. The summed E-state index contributed by atoms with van der Waals surface area (Å²) < 4.78 is 0. The molecule has 1 aliphatic carbocycles. The molecule has 114 valence electrons. The number of nitrogens with one attached hydrogen (secondary N) is 1. The average molecular weight is 335 g/mol. The number of hydrazine groups is 2. The van der Waals surface area contributed by atoms with E-state index in [0.717, 1.165) is 35.0 Å². The van der Waals surface area contributed by atoms with Crippen LogP contribution < -0.4 is 10.4 Å². The molecule has 1 aliphatic heterocycles. The second-order valence-corrected chi connectivity index (χ2v) is 6.62. The first kappa shape index (κ1) is 14.1. The van der Waals surface area contributed by atoms with Gasteiger partial charge in [0.25, 0.3) is 0 Å². The highest BCUT2D eigenvalue weighted by Crippen LogP contribution is 2.45. The molecule has 1 aromatic carbocycles. The van der Waals surface area contributed by atoms with Gasteiger partial charge in [0.2, 0.25) is 0 Å². The molecule has 0 unspecified atom stereocenters. The average Bonchev–Trinajstić information content (AvgIpc) is 3.26. The lowest BCUT2D eigenvalue weighted by Gasteiger charge is -2.25. The molecule has 4 nitrogen and oxygen atoms in total. The minimum absolute atomic E-state index is 0.481. The second-order valence-electron chi connectivity index (χ2n) is 5.85. The summed E-state index contributed by atoms with van der Waals surface area (Å²) in [4.78, 5) is 4.13. The van der Waals surface area contributed by atoms with Crippen molar-refractivity contribution in [3.05, 3.63) is 40.6 Å². The Balaban J connectivity index is 1.72. The maximum Gasteiger partial charge on any atom is 0.129 e. The van der Waals surface area contributed by atoms with Gasteiger partial charge in [0.15, 0.2) is 0 Å². The summed E-state index contributed by atoms with van der Waals surface area (Å²) >= 11 is 12.5. The summed E-state index contributed by atoms with van der Waals surface area (Å²) in [5, 5.41) is 5.46. The van der Waals surface area contributed by atoms with Gasteiger partial charge in [-0.05, 0) is 37.0 Å². The minimum atomic E-state index is 0.481. The number of hydrogen-bond acceptors (Lipinski definition) is 4. The van der Waals surface area contributed by atoms with Crippen LogP contribution in [0.2, 0.25) is 10.2 Å². The molecular weight excluding hydrogens is 319 g/mol. The fourth-order valence-corrected chi connectivity index (χ4v) is 3.22. The number of fused-ring (bicyclic) bond motifs is 1. The van der Waals surface area contributed by atoms with Gasteiger partial charge >= 0.3 is 0 Å². The van der Waals surface area contributed by atoms with Crippen molar-refractivity contribution in [1.82, 2.24) is 10.1 Å². The lowest BCUT2D eigenvalue weighted by molar-refractivity contribution is 0.377. The van der Waals surface area contributed by atoms with Gasteiger partial charge in [-0.2, -0.15) is 0 Å². The molecule has 2 aromatic rings. The number of rotatable bonds is 3. The summed E-state index contributed by atoms with van der Waals surface area (Å²) in [5.74, 6) is 0.800. The lowest BCUT2D eigenvalue weighted by Crippen LogP contribution is -2.39. The number of halogens is 2. The second kappa shape index (κ2) is 5.30. The normalized spacial score (nSPS) is 17.5. The molecule has 6 heteroatoms. The Morgan fingerprint density at radius 1 is 1.23 bits per heavy atom. The Kier molecular flexibility index (Phi) is 3.40. The van der Waals surface area contributed by atoms with E-state index in [1.54, 1.807) is 12.3 Å². The van der Waals surface area contributed by atoms with Gasteiger partial charge in [0.1, 0.15) is 5.15 Å². The third-order valence-electron chi connectivity index (χ3n) is 4.20. The van der Waals surface area contributed by atoms with E-state index in [0.29, 0.717) is 10.2 Å². The Hall–Kier alpha value is -1.49. The summed E-state index contributed by atoms with van der Waals surface area (Å²) in [7, 11) is 2.02. The van der Waals surface area contributed by atoms with Crippen molar-refractivity contribution >= 4 is 34.6 Å². The molecule has 1 N–H and O–H groups in total. The number of benzene rings is 1. The van der Waals surface area contributed by atoms with Gasteiger partial charge < -0.3 is 0 Å². The Morgan fingerprint density at radius 3 is 2.73 bits per heavy atom. The number of pyridine rings is 1. The summed E-state index contributed by atoms with van der Waals surface area (Å²) in [6.45, 7) is 1.04. The van der Waals surface area contributed by atoms with Crippen molar-refractivity contribution in [1.29, 1.82) is 0 Å². The molecule has 0 amide bonds. The Bertz CT molecular complexity index is 713. The molecule has 1 fully saturated rings. The van der Waals surface area contributed by atoms with E-state index in [1.807, 2.05) is 24.3 Å². The molecule has 1 aromatic heterocycles. The molecule has 0 saturated heterocycles. The third kappa shape index (κ3) is 2.41. The summed E-state index contributed by atoms with van der Waals surface area (Å²) in [6, 6.07) is 7.87. The van der Waals surface area contributed by atoms with Crippen LogP contribution >= 0.6 is 23.2 Å². The number of anilines is 2. The lowest BCUT2D eigenvalue weighted by atomic mass is 10.1. The largest absolute Gasteiger partial charge is 0.298 e. The van der Waals surface area contributed by atoms with Crippen LogP contribution in [-0.4, -0.2) is 23.7 Å². The number of nitrogens with zero attached hydrogens (tertiary/aromatic N) is 3. The van der Waals surface area contributed by atoms with Crippen LogP contribution in [0.25, 0.3) is 11.1 Å². The summed E-state index contributed by atoms with van der Waals surface area (Å²) in [6.07, 6.45) is 4.39. The highest BCUT2D eigenvalue weighted by atomic mass is 35.5. The predicted octanol–water partition coefficient (Wildman–Crippen LogP) is 4.46. The van der Waals surface area contributed by atoms with Crippen molar-refractivity contribution in [3.8, 4) is 11.1 Å². The topological polar surface area (TPSA) is 31.4 Å². The van der Waals surface area contributed by atoms with Crippen LogP contribution in [0, 0.1) is 5.92 Å². The molecule has 0 atom stereocenters. The van der Waals surface area contributed by atoms with Crippen LogP contribution in [0.15, 0.2) is 30.5 Å². The molecule has 0 bridgehead atoms. The molecule has 1 saturated carbocycles. The zero-order valence-corrected chi connectivity index (χ0v) is 13.7. The Labute approximate surface area is 139 Å². The first-order valence-electron chi connectivity index (χ1n) is 7.36. The molecule has 2 heterocycles. The van der Waals surface area contributed by atoms with Crippen molar-refractivity contribution in [2.45, 2.75) is 12.8 Å². The quantitative estimate of drug-likeness (QED) is 0.839. The molecule has 2 aliphatic rings. The fourth-order valence-electron chi connectivity index (χ4n) is 2.79. The highest BCUT2D eigenvalue weighted by molar-refractivity contribution is 6.37. The van der Waals surface area contributed by atoms with Crippen LogP contribution in [0.5, 0.6) is 0 Å². The molecule has 0 spiro atoms. The van der Waals surface area contributed by atoms with Gasteiger partial charge in [-0.3, -0.25) is 10.4 Å². The van der Waals surface area contributed by atoms with Crippen molar-refractivity contribution in [2.24, 2.45) is 5.92 Å². The van der Waals surface area contributed by atoms with Gasteiger partial charge in [0.05, 0.1) is 16.4 Å².